The van der Waals surface area contributed by atoms with E-state index < -0.39 is 0 Å². The summed E-state index contributed by atoms with van der Waals surface area (Å²) in [6.45, 7) is 11.1. The number of allylic oxidation sites excluding steroid dienone is 5. The highest BCUT2D eigenvalue weighted by atomic mass is 16.3. The normalized spacial score (nSPS) is 12.0. The number of aliphatic hydroxyl groups is 1. The van der Waals surface area contributed by atoms with Crippen molar-refractivity contribution in [3.8, 4) is 0 Å². The van der Waals surface area contributed by atoms with Crippen LogP contribution in [0.15, 0.2) is 48.3 Å². The first-order valence-corrected chi connectivity index (χ1v) is 3.99. The molecule has 0 heterocycles. The summed E-state index contributed by atoms with van der Waals surface area (Å²) in [7, 11) is 0. The maximum Gasteiger partial charge on any atom is 0.111 e. The predicted octanol–water partition coefficient (Wildman–Crippen LogP) is 3.53. The highest BCUT2D eigenvalue weighted by Crippen LogP contribution is 2.03. The highest BCUT2D eigenvalue weighted by molar-refractivity contribution is 5.27. The summed E-state index contributed by atoms with van der Waals surface area (Å²) in [6, 6.07) is 0. The molecule has 0 aliphatic carbocycles. The van der Waals surface area contributed by atoms with Gasteiger partial charge in [0.05, 0.1) is 0 Å². The summed E-state index contributed by atoms with van der Waals surface area (Å²) in [5, 5.41) is 8.92. The van der Waals surface area contributed by atoms with Crippen LogP contribution < -0.4 is 0 Å². The van der Waals surface area contributed by atoms with Crippen molar-refractivity contribution in [2.45, 2.75) is 20.3 Å². The average Bonchev–Trinajstić information content (AvgIpc) is 2.03. The molecule has 0 aliphatic heterocycles. The molecule has 0 saturated carbocycles. The maximum absolute atomic E-state index is 8.92. The molecule has 0 bridgehead atoms. The van der Waals surface area contributed by atoms with E-state index >= 15 is 0 Å². The van der Waals surface area contributed by atoms with Gasteiger partial charge in [0, 0.05) is 0 Å². The number of aliphatic hydroxyl groups excluding tert-OH is 1. The van der Waals surface area contributed by atoms with Crippen molar-refractivity contribution in [1.82, 2.24) is 0 Å². The van der Waals surface area contributed by atoms with Gasteiger partial charge in [-0.3, -0.25) is 0 Å². The third-order valence-electron chi connectivity index (χ3n) is 1.59. The Labute approximate surface area is 74.4 Å². The Morgan fingerprint density at radius 1 is 1.42 bits per heavy atom. The Morgan fingerprint density at radius 3 is 2.42 bits per heavy atom. The molecule has 12 heavy (non-hydrogen) atoms. The van der Waals surface area contributed by atoms with Crippen molar-refractivity contribution in [3.05, 3.63) is 48.3 Å². The van der Waals surface area contributed by atoms with Crippen molar-refractivity contribution in [2.24, 2.45) is 0 Å². The van der Waals surface area contributed by atoms with E-state index in [0.717, 1.165) is 17.6 Å². The van der Waals surface area contributed by atoms with Crippen molar-refractivity contribution >= 4 is 0 Å². The second-order valence-corrected chi connectivity index (χ2v) is 2.67. The van der Waals surface area contributed by atoms with E-state index in [2.05, 4.69) is 13.2 Å². The Morgan fingerprint density at radius 2 is 2.00 bits per heavy atom. The molecular formula is C11H16O. The fourth-order valence-corrected chi connectivity index (χ4v) is 0.543. The molecule has 66 valence electrons. The summed E-state index contributed by atoms with van der Waals surface area (Å²) >= 11 is 0. The van der Waals surface area contributed by atoms with E-state index in [1.165, 1.54) is 0 Å². The van der Waals surface area contributed by atoms with Crippen molar-refractivity contribution in [2.75, 3.05) is 0 Å². The quantitative estimate of drug-likeness (QED) is 0.498. The summed E-state index contributed by atoms with van der Waals surface area (Å²) in [5.41, 5.74) is 1.85. The highest BCUT2D eigenvalue weighted by Gasteiger charge is 1.87. The molecule has 0 spiro atoms. The first kappa shape index (κ1) is 10.8. The van der Waals surface area contributed by atoms with Crippen LogP contribution in [-0.4, -0.2) is 5.11 Å². The lowest BCUT2D eigenvalue weighted by Gasteiger charge is -1.94. The molecule has 1 N–H and O–H groups in total. The fraction of sp³-hybridized carbons (Fsp3) is 0.273. The molecule has 0 unspecified atom stereocenters. The van der Waals surface area contributed by atoms with Gasteiger partial charge in [0.2, 0.25) is 0 Å². The second kappa shape index (κ2) is 5.42. The first-order valence-electron chi connectivity index (χ1n) is 3.99. The molecule has 0 aliphatic rings. The predicted molar refractivity (Wildman–Crippen MR) is 54.1 cm³/mol. The van der Waals surface area contributed by atoms with Crippen LogP contribution in [-0.2, 0) is 0 Å². The molecule has 0 aromatic heterocycles. The van der Waals surface area contributed by atoms with Crippen LogP contribution in [0.25, 0.3) is 0 Å². The maximum atomic E-state index is 8.92. The Bertz CT molecular complexity index is 231. The minimum absolute atomic E-state index is 0.113. The van der Waals surface area contributed by atoms with Gasteiger partial charge in [-0.25, -0.2) is 0 Å². The van der Waals surface area contributed by atoms with Gasteiger partial charge < -0.3 is 5.11 Å². The summed E-state index contributed by atoms with van der Waals surface area (Å²) in [5.74, 6) is 0.113. The van der Waals surface area contributed by atoms with E-state index in [-0.39, 0.29) is 5.76 Å². The van der Waals surface area contributed by atoms with E-state index in [1.807, 2.05) is 25.2 Å². The average molecular weight is 164 g/mol. The molecular weight excluding hydrogens is 148 g/mol. The Kier molecular flexibility index (Phi) is 4.86. The smallest absolute Gasteiger partial charge is 0.111 e. The number of rotatable bonds is 4. The van der Waals surface area contributed by atoms with Gasteiger partial charge in [0.25, 0.3) is 0 Å². The Hall–Kier alpha value is -1.24. The van der Waals surface area contributed by atoms with Gasteiger partial charge in [-0.2, -0.15) is 0 Å². The lowest BCUT2D eigenvalue weighted by atomic mass is 10.2. The zero-order valence-corrected chi connectivity index (χ0v) is 7.80. The summed E-state index contributed by atoms with van der Waals surface area (Å²) in [4.78, 5) is 0. The monoisotopic (exact) mass is 164 g/mol. The van der Waals surface area contributed by atoms with Gasteiger partial charge >= 0.3 is 0 Å². The van der Waals surface area contributed by atoms with Crippen LogP contribution in [0.2, 0.25) is 0 Å². The van der Waals surface area contributed by atoms with Crippen LogP contribution in [0.5, 0.6) is 0 Å². The lowest BCUT2D eigenvalue weighted by molar-refractivity contribution is 0.426. The van der Waals surface area contributed by atoms with Crippen LogP contribution in [0.3, 0.4) is 0 Å². The van der Waals surface area contributed by atoms with Crippen molar-refractivity contribution < 1.29 is 5.11 Å². The van der Waals surface area contributed by atoms with E-state index in [4.69, 9.17) is 5.11 Å². The molecule has 0 radical (unpaired) electrons. The molecule has 1 nitrogen and oxygen atoms in total. The molecule has 0 aromatic rings. The van der Waals surface area contributed by atoms with Crippen molar-refractivity contribution in [1.29, 1.82) is 0 Å². The zero-order valence-electron chi connectivity index (χ0n) is 7.80. The molecule has 0 fully saturated rings. The van der Waals surface area contributed by atoms with Crippen LogP contribution >= 0.6 is 0 Å². The van der Waals surface area contributed by atoms with Gasteiger partial charge in [0.1, 0.15) is 5.76 Å². The fourth-order valence-electron chi connectivity index (χ4n) is 0.543. The Balaban J connectivity index is 4.12. The minimum atomic E-state index is 0.113. The molecule has 0 atom stereocenters. The number of hydrogen-bond donors (Lipinski definition) is 1. The van der Waals surface area contributed by atoms with Crippen LogP contribution in [0.1, 0.15) is 20.3 Å². The van der Waals surface area contributed by atoms with Gasteiger partial charge in [-0.15, -0.1) is 0 Å². The SMILES string of the molecule is C=C(/C=C/C=C(\C)C(=C)O)CC. The molecule has 0 saturated heterocycles. The van der Waals surface area contributed by atoms with Gasteiger partial charge in [0.15, 0.2) is 0 Å². The van der Waals surface area contributed by atoms with Crippen LogP contribution in [0, 0.1) is 0 Å². The van der Waals surface area contributed by atoms with E-state index in [0.29, 0.717) is 0 Å². The largest absolute Gasteiger partial charge is 0.508 e. The van der Waals surface area contributed by atoms with Gasteiger partial charge in [-0.05, 0) is 18.9 Å². The molecule has 0 amide bonds. The lowest BCUT2D eigenvalue weighted by Crippen LogP contribution is -1.78. The third-order valence-corrected chi connectivity index (χ3v) is 1.59. The second-order valence-electron chi connectivity index (χ2n) is 2.67. The van der Waals surface area contributed by atoms with E-state index in [1.54, 1.807) is 6.92 Å². The summed E-state index contributed by atoms with van der Waals surface area (Å²) in [6.07, 6.45) is 6.54. The third kappa shape index (κ3) is 4.56. The zero-order chi connectivity index (χ0) is 9.56. The van der Waals surface area contributed by atoms with E-state index in [9.17, 15) is 0 Å². The van der Waals surface area contributed by atoms with Gasteiger partial charge in [-0.1, -0.05) is 43.9 Å². The molecule has 1 heteroatoms. The van der Waals surface area contributed by atoms with Crippen LogP contribution in [0.4, 0.5) is 0 Å². The summed E-state index contributed by atoms with van der Waals surface area (Å²) < 4.78 is 0. The molecule has 0 aromatic carbocycles. The first-order chi connectivity index (χ1) is 5.57. The standard InChI is InChI=1S/C11H16O/c1-5-9(2)7-6-8-10(3)11(4)12/h6-8,12H,2,4-5H2,1,3H3/b7-6+,10-8+. The van der Waals surface area contributed by atoms with Crippen molar-refractivity contribution in [3.63, 3.8) is 0 Å². The topological polar surface area (TPSA) is 20.2 Å². The molecule has 0 rings (SSSR count). The minimum Gasteiger partial charge on any atom is -0.508 e. The number of hydrogen-bond acceptors (Lipinski definition) is 1.